The summed E-state index contributed by atoms with van der Waals surface area (Å²) in [5.41, 5.74) is 5.88. The molecule has 1 fully saturated rings. The number of hydrogen-bond acceptors (Lipinski definition) is 2. The SMILES string of the molecule is CC(C)(C)CCC(=O)N1CCCC(C(N)=S)C1. The molecule has 98 valence electrons. The summed E-state index contributed by atoms with van der Waals surface area (Å²) < 4.78 is 0. The van der Waals surface area contributed by atoms with E-state index in [1.54, 1.807) is 0 Å². The van der Waals surface area contributed by atoms with Crippen molar-refractivity contribution in [2.45, 2.75) is 46.5 Å². The van der Waals surface area contributed by atoms with Crippen molar-refractivity contribution in [1.29, 1.82) is 0 Å². The van der Waals surface area contributed by atoms with Gasteiger partial charge < -0.3 is 10.6 Å². The highest BCUT2D eigenvalue weighted by molar-refractivity contribution is 7.80. The van der Waals surface area contributed by atoms with E-state index in [2.05, 4.69) is 20.8 Å². The molecule has 0 aliphatic carbocycles. The Labute approximate surface area is 110 Å². The summed E-state index contributed by atoms with van der Waals surface area (Å²) in [6.07, 6.45) is 3.61. The second kappa shape index (κ2) is 5.80. The second-order valence-corrected chi connectivity index (χ2v) is 6.61. The van der Waals surface area contributed by atoms with Crippen LogP contribution in [0.15, 0.2) is 0 Å². The molecule has 3 nitrogen and oxygen atoms in total. The summed E-state index contributed by atoms with van der Waals surface area (Å²) in [6, 6.07) is 0. The Morgan fingerprint density at radius 3 is 2.65 bits per heavy atom. The van der Waals surface area contributed by atoms with E-state index in [9.17, 15) is 4.79 Å². The van der Waals surface area contributed by atoms with Gasteiger partial charge in [0.25, 0.3) is 0 Å². The lowest BCUT2D eigenvalue weighted by Crippen LogP contribution is -2.43. The number of thiocarbonyl (C=S) groups is 1. The minimum atomic E-state index is 0.216. The predicted octanol–water partition coefficient (Wildman–Crippen LogP) is 2.34. The van der Waals surface area contributed by atoms with E-state index in [1.165, 1.54) is 0 Å². The number of hydrogen-bond donors (Lipinski definition) is 1. The van der Waals surface area contributed by atoms with Crippen LogP contribution < -0.4 is 5.73 Å². The van der Waals surface area contributed by atoms with Crippen molar-refractivity contribution >= 4 is 23.1 Å². The fourth-order valence-corrected chi connectivity index (χ4v) is 2.27. The Hall–Kier alpha value is -0.640. The molecule has 1 amide bonds. The van der Waals surface area contributed by atoms with Gasteiger partial charge in [0.15, 0.2) is 0 Å². The molecule has 0 aromatic heterocycles. The van der Waals surface area contributed by atoms with Crippen molar-refractivity contribution < 1.29 is 4.79 Å². The summed E-state index contributed by atoms with van der Waals surface area (Å²) in [5, 5.41) is 0. The largest absolute Gasteiger partial charge is 0.393 e. The van der Waals surface area contributed by atoms with Gasteiger partial charge in [0.2, 0.25) is 5.91 Å². The third-order valence-electron chi connectivity index (χ3n) is 3.27. The quantitative estimate of drug-likeness (QED) is 0.788. The molecule has 1 aliphatic rings. The molecule has 0 spiro atoms. The van der Waals surface area contributed by atoms with Gasteiger partial charge in [0.05, 0.1) is 4.99 Å². The Morgan fingerprint density at radius 2 is 2.12 bits per heavy atom. The molecular formula is C13H24N2OS. The summed E-state index contributed by atoms with van der Waals surface area (Å²) in [6.45, 7) is 8.07. The molecule has 1 unspecified atom stereocenters. The van der Waals surface area contributed by atoms with E-state index >= 15 is 0 Å². The van der Waals surface area contributed by atoms with Crippen molar-refractivity contribution in [3.63, 3.8) is 0 Å². The maximum Gasteiger partial charge on any atom is 0.222 e. The number of nitrogens with two attached hydrogens (primary N) is 1. The normalized spacial score (nSPS) is 21.4. The standard InChI is InChI=1S/C13H24N2OS/c1-13(2,3)7-6-11(16)15-8-4-5-10(9-15)12(14)17/h10H,4-9H2,1-3H3,(H2,14,17). The van der Waals surface area contributed by atoms with Crippen LogP contribution in [0.25, 0.3) is 0 Å². The number of carbonyl (C=O) groups is 1. The highest BCUT2D eigenvalue weighted by Crippen LogP contribution is 2.23. The van der Waals surface area contributed by atoms with Crippen LogP contribution >= 0.6 is 12.2 Å². The van der Waals surface area contributed by atoms with Gasteiger partial charge in [-0.1, -0.05) is 33.0 Å². The molecule has 2 N–H and O–H groups in total. The molecule has 0 aromatic carbocycles. The first kappa shape index (κ1) is 14.4. The number of carbonyl (C=O) groups excluding carboxylic acids is 1. The topological polar surface area (TPSA) is 46.3 Å². The van der Waals surface area contributed by atoms with Crippen LogP contribution in [0.4, 0.5) is 0 Å². The van der Waals surface area contributed by atoms with Gasteiger partial charge in [-0.15, -0.1) is 0 Å². The molecule has 1 atom stereocenters. The average Bonchev–Trinajstić information content (AvgIpc) is 2.25. The van der Waals surface area contributed by atoms with Gasteiger partial charge >= 0.3 is 0 Å². The molecule has 1 aliphatic heterocycles. The predicted molar refractivity (Wildman–Crippen MR) is 74.8 cm³/mol. The van der Waals surface area contributed by atoms with Crippen LogP contribution in [0.1, 0.15) is 46.5 Å². The number of rotatable bonds is 3. The van der Waals surface area contributed by atoms with Gasteiger partial charge in [0.1, 0.15) is 0 Å². The van der Waals surface area contributed by atoms with Gasteiger partial charge in [-0.05, 0) is 24.7 Å². The summed E-state index contributed by atoms with van der Waals surface area (Å²) in [4.78, 5) is 14.5. The Balaban J connectivity index is 2.44. The third kappa shape index (κ3) is 5.02. The fraction of sp³-hybridized carbons (Fsp3) is 0.846. The van der Waals surface area contributed by atoms with E-state index in [0.717, 1.165) is 32.4 Å². The molecular weight excluding hydrogens is 232 g/mol. The van der Waals surface area contributed by atoms with Crippen LogP contribution in [0.2, 0.25) is 0 Å². The summed E-state index contributed by atoms with van der Waals surface area (Å²) in [7, 11) is 0. The van der Waals surface area contributed by atoms with E-state index < -0.39 is 0 Å². The van der Waals surface area contributed by atoms with E-state index in [1.807, 2.05) is 4.90 Å². The van der Waals surface area contributed by atoms with Crippen molar-refractivity contribution in [3.05, 3.63) is 0 Å². The second-order valence-electron chi connectivity index (χ2n) is 6.14. The van der Waals surface area contributed by atoms with Crippen LogP contribution in [-0.2, 0) is 4.79 Å². The first-order chi connectivity index (χ1) is 7.79. The Bertz CT molecular complexity index is 296. The monoisotopic (exact) mass is 256 g/mol. The summed E-state index contributed by atoms with van der Waals surface area (Å²) in [5.74, 6) is 0.471. The van der Waals surface area contributed by atoms with Crippen molar-refractivity contribution in [1.82, 2.24) is 4.90 Å². The minimum absolute atomic E-state index is 0.216. The van der Waals surface area contributed by atoms with E-state index in [-0.39, 0.29) is 17.2 Å². The van der Waals surface area contributed by atoms with Gasteiger partial charge in [-0.25, -0.2) is 0 Å². The van der Waals surface area contributed by atoms with Crippen molar-refractivity contribution in [2.24, 2.45) is 17.1 Å². The minimum Gasteiger partial charge on any atom is -0.393 e. The molecule has 0 radical (unpaired) electrons. The Kier molecular flexibility index (Phi) is 4.92. The lowest BCUT2D eigenvalue weighted by molar-refractivity contribution is -0.133. The third-order valence-corrected chi connectivity index (χ3v) is 3.60. The fourth-order valence-electron chi connectivity index (χ4n) is 2.08. The average molecular weight is 256 g/mol. The zero-order valence-corrected chi connectivity index (χ0v) is 12.0. The van der Waals surface area contributed by atoms with Gasteiger partial charge in [-0.2, -0.15) is 0 Å². The van der Waals surface area contributed by atoms with Crippen molar-refractivity contribution in [2.75, 3.05) is 13.1 Å². The maximum absolute atomic E-state index is 12.1. The molecule has 0 saturated carbocycles. The number of nitrogens with zero attached hydrogens (tertiary/aromatic N) is 1. The zero-order valence-electron chi connectivity index (χ0n) is 11.2. The molecule has 1 saturated heterocycles. The molecule has 1 heterocycles. The smallest absolute Gasteiger partial charge is 0.222 e. The highest BCUT2D eigenvalue weighted by Gasteiger charge is 2.25. The van der Waals surface area contributed by atoms with Crippen molar-refractivity contribution in [3.8, 4) is 0 Å². The molecule has 0 aromatic rings. The van der Waals surface area contributed by atoms with Gasteiger partial charge in [-0.3, -0.25) is 4.79 Å². The highest BCUT2D eigenvalue weighted by atomic mass is 32.1. The number of piperidine rings is 1. The lowest BCUT2D eigenvalue weighted by Gasteiger charge is -2.33. The van der Waals surface area contributed by atoms with Crippen LogP contribution in [0.5, 0.6) is 0 Å². The molecule has 1 rings (SSSR count). The zero-order chi connectivity index (χ0) is 13.1. The molecule has 17 heavy (non-hydrogen) atoms. The lowest BCUT2D eigenvalue weighted by atomic mass is 9.90. The first-order valence-corrected chi connectivity index (χ1v) is 6.77. The van der Waals surface area contributed by atoms with E-state index in [4.69, 9.17) is 18.0 Å². The summed E-state index contributed by atoms with van der Waals surface area (Å²) >= 11 is 5.02. The van der Waals surface area contributed by atoms with E-state index in [0.29, 0.717) is 11.4 Å². The molecule has 4 heteroatoms. The number of likely N-dealkylation sites (tertiary alicyclic amines) is 1. The van der Waals surface area contributed by atoms with Gasteiger partial charge in [0, 0.05) is 25.4 Å². The van der Waals surface area contributed by atoms with Crippen LogP contribution in [0.3, 0.4) is 0 Å². The molecule has 0 bridgehead atoms. The Morgan fingerprint density at radius 1 is 1.47 bits per heavy atom. The van der Waals surface area contributed by atoms with Crippen LogP contribution in [-0.4, -0.2) is 28.9 Å². The number of amides is 1. The van der Waals surface area contributed by atoms with Crippen LogP contribution in [0, 0.1) is 11.3 Å². The first-order valence-electron chi connectivity index (χ1n) is 6.37. The maximum atomic E-state index is 12.1.